The van der Waals surface area contributed by atoms with Crippen LogP contribution in [0.15, 0.2) is 42.3 Å². The number of halogens is 3. The molecule has 0 unspecified atom stereocenters. The summed E-state index contributed by atoms with van der Waals surface area (Å²) in [5.74, 6) is -1.04. The first-order valence-electron chi connectivity index (χ1n) is 6.13. The fraction of sp³-hybridized carbons (Fsp3) is 0.143. The average Bonchev–Trinajstić information content (AvgIpc) is 2.91. The molecule has 0 fully saturated rings. The summed E-state index contributed by atoms with van der Waals surface area (Å²) in [7, 11) is 0. The van der Waals surface area contributed by atoms with Gasteiger partial charge in [-0.05, 0) is 50.1 Å². The zero-order valence-corrected chi connectivity index (χ0v) is 15.6. The maximum Gasteiger partial charge on any atom is 0.261 e. The van der Waals surface area contributed by atoms with Gasteiger partial charge in [0.05, 0.1) is 10.9 Å². The molecule has 3 rings (SSSR count). The molecule has 1 aromatic carbocycles. The molecule has 0 aliphatic carbocycles. The number of hydrogen-bond donors (Lipinski definition) is 2. The molecule has 1 amide bonds. The van der Waals surface area contributed by atoms with Gasteiger partial charge in [0.15, 0.2) is 16.0 Å². The summed E-state index contributed by atoms with van der Waals surface area (Å²) < 4.78 is 6.91. The van der Waals surface area contributed by atoms with Crippen LogP contribution in [0.3, 0.4) is 0 Å². The van der Waals surface area contributed by atoms with Gasteiger partial charge >= 0.3 is 0 Å². The molecule has 2 N–H and O–H groups in total. The van der Waals surface area contributed by atoms with Crippen LogP contribution in [0, 0.1) is 0 Å². The van der Waals surface area contributed by atoms with Gasteiger partial charge < -0.3 is 14.8 Å². The summed E-state index contributed by atoms with van der Waals surface area (Å²) in [5.41, 5.74) is -1.06. The summed E-state index contributed by atoms with van der Waals surface area (Å²) in [6.07, 6.45) is -0.408. The number of benzene rings is 1. The van der Waals surface area contributed by atoms with Gasteiger partial charge in [-0.3, -0.25) is 9.59 Å². The van der Waals surface area contributed by atoms with E-state index in [-0.39, 0.29) is 5.76 Å². The zero-order chi connectivity index (χ0) is 16.1. The van der Waals surface area contributed by atoms with E-state index in [0.29, 0.717) is 24.9 Å². The lowest BCUT2D eigenvalue weighted by atomic mass is 9.89. The Balaban J connectivity index is 1.96. The third-order valence-corrected chi connectivity index (χ3v) is 5.59. The number of ketones is 1. The molecule has 1 aliphatic rings. The topological polar surface area (TPSA) is 79.5 Å². The van der Waals surface area contributed by atoms with E-state index < -0.39 is 23.7 Å². The average molecular weight is 494 g/mol. The predicted octanol–water partition coefficient (Wildman–Crippen LogP) is 3.98. The molecule has 0 saturated heterocycles. The zero-order valence-electron chi connectivity index (χ0n) is 10.8. The Morgan fingerprint density at radius 2 is 2.00 bits per heavy atom. The number of hydrogen-bond acceptors (Lipinski definition) is 4. The maximum atomic E-state index is 12.3. The van der Waals surface area contributed by atoms with Gasteiger partial charge in [0.2, 0.25) is 5.78 Å². The van der Waals surface area contributed by atoms with E-state index in [1.54, 1.807) is 18.2 Å². The fourth-order valence-electron chi connectivity index (χ4n) is 2.29. The number of nitrogens with one attached hydrogen (secondary N) is 1. The number of fused-ring (bicyclic) bond motifs is 1. The van der Waals surface area contributed by atoms with Crippen molar-refractivity contribution in [3.05, 3.63) is 49.2 Å². The van der Waals surface area contributed by atoms with Crippen LogP contribution >= 0.6 is 47.8 Å². The maximum absolute atomic E-state index is 12.3. The SMILES string of the molecule is O=C(C[C@@]1(O)C(=O)Nc2ccc(Br)cc21)c1cc(Br)c(Br)o1. The van der Waals surface area contributed by atoms with E-state index in [9.17, 15) is 14.7 Å². The number of anilines is 1. The second-order valence-electron chi connectivity index (χ2n) is 4.84. The lowest BCUT2D eigenvalue weighted by molar-refractivity contribution is -0.133. The molecule has 0 spiro atoms. The van der Waals surface area contributed by atoms with Crippen molar-refractivity contribution in [3.63, 3.8) is 0 Å². The Hall–Kier alpha value is -0.960. The highest BCUT2D eigenvalue weighted by Gasteiger charge is 2.47. The third-order valence-electron chi connectivity index (χ3n) is 3.39. The first-order chi connectivity index (χ1) is 10.3. The molecular weight excluding hydrogens is 486 g/mol. The molecule has 2 heterocycles. The van der Waals surface area contributed by atoms with Crippen molar-refractivity contribution in [2.75, 3.05) is 5.32 Å². The van der Waals surface area contributed by atoms with Gasteiger partial charge in [0.25, 0.3) is 5.91 Å². The standard InChI is InChI=1S/C14H8Br3NO4/c15-6-1-2-9-7(3-6)14(21,13(20)18-9)5-10(19)11-4-8(16)12(17)22-11/h1-4,21H,5H2,(H,18,20)/t14-/m0/s1. The van der Waals surface area contributed by atoms with Gasteiger partial charge in [0.1, 0.15) is 0 Å². The molecule has 2 aromatic rings. The molecular formula is C14H8Br3NO4. The van der Waals surface area contributed by atoms with E-state index in [4.69, 9.17) is 4.42 Å². The van der Waals surface area contributed by atoms with Crippen LogP contribution in [-0.4, -0.2) is 16.8 Å². The van der Waals surface area contributed by atoms with Crippen LogP contribution in [0.4, 0.5) is 5.69 Å². The van der Waals surface area contributed by atoms with Gasteiger partial charge in [-0.1, -0.05) is 15.9 Å². The Morgan fingerprint density at radius 3 is 2.64 bits per heavy atom. The molecule has 5 nitrogen and oxygen atoms in total. The number of carbonyl (C=O) groups excluding carboxylic acids is 2. The summed E-state index contributed by atoms with van der Waals surface area (Å²) in [6, 6.07) is 6.52. The van der Waals surface area contributed by atoms with Crippen molar-refractivity contribution in [2.24, 2.45) is 0 Å². The molecule has 0 bridgehead atoms. The smallest absolute Gasteiger partial charge is 0.261 e. The van der Waals surface area contributed by atoms with Gasteiger partial charge in [-0.2, -0.15) is 0 Å². The van der Waals surface area contributed by atoms with Crippen LogP contribution in [0.2, 0.25) is 0 Å². The predicted molar refractivity (Wildman–Crippen MR) is 89.7 cm³/mol. The molecule has 0 saturated carbocycles. The minimum absolute atomic E-state index is 0.0587. The lowest BCUT2D eigenvalue weighted by Crippen LogP contribution is -2.36. The van der Waals surface area contributed by atoms with E-state index in [1.165, 1.54) is 6.07 Å². The minimum Gasteiger partial charge on any atom is -0.445 e. The Labute approximate surface area is 150 Å². The van der Waals surface area contributed by atoms with Crippen LogP contribution in [0.1, 0.15) is 22.5 Å². The summed E-state index contributed by atoms with van der Waals surface area (Å²) >= 11 is 9.66. The van der Waals surface area contributed by atoms with Crippen molar-refractivity contribution in [1.82, 2.24) is 0 Å². The first-order valence-corrected chi connectivity index (χ1v) is 8.51. The molecule has 1 aliphatic heterocycles. The van der Waals surface area contributed by atoms with Crippen LogP contribution in [0.25, 0.3) is 0 Å². The largest absolute Gasteiger partial charge is 0.445 e. The number of furan rings is 1. The fourth-order valence-corrected chi connectivity index (χ4v) is 3.23. The molecule has 1 atom stereocenters. The number of rotatable bonds is 3. The van der Waals surface area contributed by atoms with Gasteiger partial charge in [0, 0.05) is 21.8 Å². The van der Waals surface area contributed by atoms with Crippen molar-refractivity contribution in [1.29, 1.82) is 0 Å². The van der Waals surface area contributed by atoms with Crippen LogP contribution in [0.5, 0.6) is 0 Å². The van der Waals surface area contributed by atoms with E-state index in [1.807, 2.05) is 0 Å². The summed E-state index contributed by atoms with van der Waals surface area (Å²) in [5, 5.41) is 13.3. The van der Waals surface area contributed by atoms with Crippen molar-refractivity contribution >= 4 is 65.2 Å². The van der Waals surface area contributed by atoms with E-state index in [2.05, 4.69) is 53.1 Å². The second-order valence-corrected chi connectivity index (χ2v) is 7.33. The molecule has 22 heavy (non-hydrogen) atoms. The van der Waals surface area contributed by atoms with Crippen molar-refractivity contribution < 1.29 is 19.1 Å². The van der Waals surface area contributed by atoms with Crippen molar-refractivity contribution in [3.8, 4) is 0 Å². The number of amides is 1. The van der Waals surface area contributed by atoms with E-state index >= 15 is 0 Å². The normalized spacial score (nSPS) is 19.9. The van der Waals surface area contributed by atoms with Gasteiger partial charge in [-0.15, -0.1) is 0 Å². The molecule has 1 aromatic heterocycles. The Morgan fingerprint density at radius 1 is 1.27 bits per heavy atom. The van der Waals surface area contributed by atoms with Crippen molar-refractivity contribution in [2.45, 2.75) is 12.0 Å². The minimum atomic E-state index is -1.91. The Bertz CT molecular complexity index is 782. The van der Waals surface area contributed by atoms with Crippen LogP contribution < -0.4 is 5.32 Å². The van der Waals surface area contributed by atoms with E-state index in [0.717, 1.165) is 0 Å². The Kier molecular flexibility index (Phi) is 4.05. The highest BCUT2D eigenvalue weighted by molar-refractivity contribution is 9.13. The number of Topliss-reactive ketones (excluding diaryl/α,β-unsaturated/α-hetero) is 1. The first kappa shape index (κ1) is 15.9. The molecule has 0 radical (unpaired) electrons. The molecule has 8 heteroatoms. The quantitative estimate of drug-likeness (QED) is 0.634. The van der Waals surface area contributed by atoms with Gasteiger partial charge in [-0.25, -0.2) is 0 Å². The highest BCUT2D eigenvalue weighted by Crippen LogP contribution is 2.40. The summed E-state index contributed by atoms with van der Waals surface area (Å²) in [6.45, 7) is 0. The second kappa shape index (κ2) is 5.59. The third kappa shape index (κ3) is 2.58. The monoisotopic (exact) mass is 491 g/mol. The lowest BCUT2D eigenvalue weighted by Gasteiger charge is -2.19. The number of aliphatic hydroxyl groups is 1. The van der Waals surface area contributed by atoms with Crippen LogP contribution in [-0.2, 0) is 10.4 Å². The molecule has 114 valence electrons. The highest BCUT2D eigenvalue weighted by atomic mass is 79.9. The number of carbonyl (C=O) groups is 2. The summed E-state index contributed by atoms with van der Waals surface area (Å²) in [4.78, 5) is 24.5.